The molecule has 180 valence electrons. The summed E-state index contributed by atoms with van der Waals surface area (Å²) in [6, 6.07) is 11.4. The summed E-state index contributed by atoms with van der Waals surface area (Å²) in [6.07, 6.45) is 8.53. The molecule has 2 aromatic carbocycles. The maximum absolute atomic E-state index is 13.2. The third-order valence-electron chi connectivity index (χ3n) is 7.56. The largest absolute Gasteiger partial charge is 0.461 e. The van der Waals surface area contributed by atoms with Crippen molar-refractivity contribution in [2.24, 2.45) is 5.41 Å². The predicted octanol–water partition coefficient (Wildman–Crippen LogP) is 6.54. The van der Waals surface area contributed by atoms with E-state index in [1.54, 1.807) is 13.8 Å². The average Bonchev–Trinajstić information content (AvgIpc) is 3.41. The van der Waals surface area contributed by atoms with Crippen molar-refractivity contribution >= 4 is 45.1 Å². The highest BCUT2D eigenvalue weighted by Gasteiger charge is 2.36. The first-order valence-corrected chi connectivity index (χ1v) is 12.6. The first-order chi connectivity index (χ1) is 16.9. The first kappa shape index (κ1) is 22.0. The molecule has 2 aromatic heterocycles. The summed E-state index contributed by atoms with van der Waals surface area (Å²) in [7, 11) is 0. The van der Waals surface area contributed by atoms with Gasteiger partial charge in [-0.3, -0.25) is 9.59 Å². The molecule has 0 bridgehead atoms. The van der Waals surface area contributed by atoms with E-state index in [-0.39, 0.29) is 11.8 Å². The van der Waals surface area contributed by atoms with Crippen molar-refractivity contribution < 1.29 is 18.4 Å². The minimum atomic E-state index is -1.27. The zero-order valence-corrected chi connectivity index (χ0v) is 20.3. The van der Waals surface area contributed by atoms with Crippen LogP contribution >= 0.6 is 0 Å². The maximum Gasteiger partial charge on any atom is 0.239 e. The van der Waals surface area contributed by atoms with Crippen molar-refractivity contribution in [2.75, 3.05) is 10.6 Å². The summed E-state index contributed by atoms with van der Waals surface area (Å²) >= 11 is 0. The molecular weight excluding hydrogens is 440 g/mol. The molecule has 0 saturated heterocycles. The van der Waals surface area contributed by atoms with E-state index in [9.17, 15) is 9.59 Å². The fraction of sp³-hybridized carbons (Fsp3) is 0.379. The van der Waals surface area contributed by atoms with Crippen LogP contribution in [0, 0.1) is 5.41 Å². The molecule has 4 aromatic rings. The van der Waals surface area contributed by atoms with Crippen molar-refractivity contribution in [2.45, 2.75) is 65.2 Å². The Morgan fingerprint density at radius 2 is 1.11 bits per heavy atom. The molecule has 6 rings (SSSR count). The van der Waals surface area contributed by atoms with Gasteiger partial charge in [0, 0.05) is 46.1 Å². The van der Waals surface area contributed by atoms with E-state index < -0.39 is 5.41 Å². The Balaban J connectivity index is 1.20. The van der Waals surface area contributed by atoms with Crippen LogP contribution in [0.3, 0.4) is 0 Å². The average molecular weight is 471 g/mol. The third-order valence-corrected chi connectivity index (χ3v) is 7.56. The van der Waals surface area contributed by atoms with Gasteiger partial charge in [0.05, 0.1) is 0 Å². The summed E-state index contributed by atoms with van der Waals surface area (Å²) in [5.41, 5.74) is 4.27. The van der Waals surface area contributed by atoms with Crippen LogP contribution in [-0.4, -0.2) is 11.8 Å². The lowest BCUT2D eigenvalue weighted by Gasteiger charge is -2.23. The van der Waals surface area contributed by atoms with Crippen molar-refractivity contribution in [1.29, 1.82) is 0 Å². The summed E-state index contributed by atoms with van der Waals surface area (Å²) in [6.45, 7) is 3.29. The van der Waals surface area contributed by atoms with Gasteiger partial charge in [0.15, 0.2) is 0 Å². The Labute approximate surface area is 204 Å². The van der Waals surface area contributed by atoms with Crippen LogP contribution in [0.15, 0.2) is 45.2 Å². The predicted molar refractivity (Wildman–Crippen MR) is 137 cm³/mol. The first-order valence-electron chi connectivity index (χ1n) is 12.6. The van der Waals surface area contributed by atoms with E-state index in [2.05, 4.69) is 10.6 Å². The highest BCUT2D eigenvalue weighted by molar-refractivity contribution is 6.14. The fourth-order valence-corrected chi connectivity index (χ4v) is 5.36. The highest BCUT2D eigenvalue weighted by Crippen LogP contribution is 2.35. The van der Waals surface area contributed by atoms with Gasteiger partial charge in [-0.2, -0.15) is 0 Å². The SMILES string of the molecule is CC(C)(C(=O)Nc1ccc2oc3c(c2c1)CCCC3)C(=O)Nc1ccc2oc3c(c2c1)CCCC3. The van der Waals surface area contributed by atoms with Crippen molar-refractivity contribution in [3.05, 3.63) is 59.0 Å². The number of fused-ring (bicyclic) bond motifs is 6. The molecule has 35 heavy (non-hydrogen) atoms. The van der Waals surface area contributed by atoms with Gasteiger partial charge in [0.1, 0.15) is 28.1 Å². The number of benzene rings is 2. The second kappa shape index (κ2) is 8.29. The van der Waals surface area contributed by atoms with Crippen LogP contribution in [-0.2, 0) is 35.3 Å². The normalized spacial score (nSPS) is 15.6. The maximum atomic E-state index is 13.2. The molecule has 0 fully saturated rings. The topological polar surface area (TPSA) is 84.5 Å². The van der Waals surface area contributed by atoms with Gasteiger partial charge >= 0.3 is 0 Å². The van der Waals surface area contributed by atoms with Crippen molar-refractivity contribution in [3.63, 3.8) is 0 Å². The van der Waals surface area contributed by atoms with Crippen LogP contribution < -0.4 is 10.6 Å². The lowest BCUT2D eigenvalue weighted by atomic mass is 9.90. The van der Waals surface area contributed by atoms with E-state index in [1.807, 2.05) is 36.4 Å². The van der Waals surface area contributed by atoms with E-state index in [1.165, 1.54) is 11.1 Å². The van der Waals surface area contributed by atoms with E-state index >= 15 is 0 Å². The number of hydrogen-bond donors (Lipinski definition) is 2. The van der Waals surface area contributed by atoms with Gasteiger partial charge in [-0.05, 0) is 88.8 Å². The van der Waals surface area contributed by atoms with Crippen LogP contribution in [0.5, 0.6) is 0 Å². The third kappa shape index (κ3) is 3.81. The molecule has 2 heterocycles. The number of hydrogen-bond acceptors (Lipinski definition) is 4. The van der Waals surface area contributed by atoms with Crippen LogP contribution in [0.2, 0.25) is 0 Å². The lowest BCUT2D eigenvalue weighted by molar-refractivity contribution is -0.135. The number of anilines is 2. The molecule has 6 nitrogen and oxygen atoms in total. The second-order valence-corrected chi connectivity index (χ2v) is 10.4. The number of nitrogens with one attached hydrogen (secondary N) is 2. The summed E-state index contributed by atoms with van der Waals surface area (Å²) in [5, 5.41) is 8.00. The summed E-state index contributed by atoms with van der Waals surface area (Å²) in [5.74, 6) is 1.41. The highest BCUT2D eigenvalue weighted by atomic mass is 16.3. The molecule has 0 radical (unpaired) electrons. The van der Waals surface area contributed by atoms with Gasteiger partial charge in [0.25, 0.3) is 0 Å². The Bertz CT molecular complexity index is 1360. The van der Waals surface area contributed by atoms with Crippen LogP contribution in [0.25, 0.3) is 21.9 Å². The fourth-order valence-electron chi connectivity index (χ4n) is 5.36. The monoisotopic (exact) mass is 470 g/mol. The minimum Gasteiger partial charge on any atom is -0.461 e. The van der Waals surface area contributed by atoms with Crippen LogP contribution in [0.4, 0.5) is 11.4 Å². The van der Waals surface area contributed by atoms with E-state index in [0.29, 0.717) is 11.4 Å². The summed E-state index contributed by atoms with van der Waals surface area (Å²) in [4.78, 5) is 26.4. The second-order valence-electron chi connectivity index (χ2n) is 10.4. The standard InChI is InChI=1S/C29H30N2O4/c1-29(2,27(32)30-17-11-13-25-21(15-17)19-7-3-5-9-23(19)34-25)28(33)31-18-12-14-26-22(16-18)20-8-4-6-10-24(20)35-26/h11-16H,3-10H2,1-2H3,(H,30,32)(H,31,33). The lowest BCUT2D eigenvalue weighted by Crippen LogP contribution is -2.41. The molecule has 0 atom stereocenters. The Morgan fingerprint density at radius 3 is 1.57 bits per heavy atom. The zero-order chi connectivity index (χ0) is 24.2. The van der Waals surface area contributed by atoms with Crippen LogP contribution in [0.1, 0.15) is 62.2 Å². The Hall–Kier alpha value is -3.54. The smallest absolute Gasteiger partial charge is 0.239 e. The number of furan rings is 2. The molecule has 2 aliphatic carbocycles. The van der Waals surface area contributed by atoms with Gasteiger partial charge in [-0.25, -0.2) is 0 Å². The molecule has 6 heteroatoms. The van der Waals surface area contributed by atoms with Gasteiger partial charge < -0.3 is 19.5 Å². The molecule has 2 aliphatic rings. The Morgan fingerprint density at radius 1 is 0.686 bits per heavy atom. The molecule has 0 spiro atoms. The molecule has 0 aliphatic heterocycles. The number of aryl methyl sites for hydroxylation is 4. The van der Waals surface area contributed by atoms with Crippen molar-refractivity contribution in [3.8, 4) is 0 Å². The molecule has 0 unspecified atom stereocenters. The van der Waals surface area contributed by atoms with Crippen molar-refractivity contribution in [1.82, 2.24) is 0 Å². The molecule has 0 saturated carbocycles. The summed E-state index contributed by atoms with van der Waals surface area (Å²) < 4.78 is 12.0. The number of amides is 2. The number of carbonyl (C=O) groups excluding carboxylic acids is 2. The minimum absolute atomic E-state index is 0.353. The number of rotatable bonds is 4. The quantitative estimate of drug-likeness (QED) is 0.332. The molecular formula is C29H30N2O4. The van der Waals surface area contributed by atoms with Gasteiger partial charge in [-0.15, -0.1) is 0 Å². The molecule has 2 amide bonds. The number of carbonyl (C=O) groups is 2. The zero-order valence-electron chi connectivity index (χ0n) is 20.3. The molecule has 2 N–H and O–H groups in total. The Kier molecular flexibility index (Phi) is 5.20. The van der Waals surface area contributed by atoms with E-state index in [0.717, 1.165) is 84.8 Å². The van der Waals surface area contributed by atoms with E-state index in [4.69, 9.17) is 8.83 Å². The van der Waals surface area contributed by atoms with Gasteiger partial charge in [-0.1, -0.05) is 0 Å². The van der Waals surface area contributed by atoms with Gasteiger partial charge in [0.2, 0.25) is 11.8 Å².